The minimum absolute atomic E-state index is 0.0340. The number of aromatic nitrogens is 2. The van der Waals surface area contributed by atoms with Crippen molar-refractivity contribution < 1.29 is 4.79 Å². The molecule has 1 aromatic carbocycles. The molecule has 1 aromatic heterocycles. The minimum atomic E-state index is 0.0340. The van der Waals surface area contributed by atoms with Crippen LogP contribution in [0.5, 0.6) is 0 Å². The van der Waals surface area contributed by atoms with Crippen molar-refractivity contribution in [2.24, 2.45) is 5.92 Å². The average molecular weight is 379 g/mol. The number of hydrogen-bond acceptors (Lipinski definition) is 4. The summed E-state index contributed by atoms with van der Waals surface area (Å²) < 4.78 is 0. The zero-order chi connectivity index (χ0) is 19.2. The molecule has 2 aliphatic rings. The quantitative estimate of drug-likeness (QED) is 0.790. The van der Waals surface area contributed by atoms with Gasteiger partial charge in [-0.3, -0.25) is 9.78 Å². The van der Waals surface area contributed by atoms with Crippen molar-refractivity contribution in [3.63, 3.8) is 0 Å². The first-order chi connectivity index (χ1) is 13.8. The fourth-order valence-electron chi connectivity index (χ4n) is 4.39. The summed E-state index contributed by atoms with van der Waals surface area (Å²) in [6.07, 6.45) is 11.6. The van der Waals surface area contributed by atoms with Gasteiger partial charge < -0.3 is 9.80 Å². The number of piperidine rings is 2. The molecule has 5 nitrogen and oxygen atoms in total. The van der Waals surface area contributed by atoms with Crippen LogP contribution in [0.1, 0.15) is 54.6 Å². The van der Waals surface area contributed by atoms with Crippen LogP contribution >= 0.6 is 0 Å². The third kappa shape index (κ3) is 4.70. The molecule has 2 aromatic rings. The lowest BCUT2D eigenvalue weighted by Crippen LogP contribution is -2.38. The van der Waals surface area contributed by atoms with Crippen LogP contribution in [0.4, 0.5) is 5.82 Å². The predicted octanol–water partition coefficient (Wildman–Crippen LogP) is 3.95. The van der Waals surface area contributed by atoms with Gasteiger partial charge in [-0.15, -0.1) is 0 Å². The highest BCUT2D eigenvalue weighted by Gasteiger charge is 2.24. The fraction of sp³-hybridized carbons (Fsp3) is 0.522. The molecule has 2 saturated heterocycles. The molecule has 4 rings (SSSR count). The van der Waals surface area contributed by atoms with Crippen molar-refractivity contribution >= 4 is 11.7 Å². The number of carbonyl (C=O) groups is 1. The highest BCUT2D eigenvalue weighted by Crippen LogP contribution is 2.25. The number of anilines is 1. The standard InChI is InChI=1S/C23H30N4O/c28-23(26-13-5-2-6-14-26)21-16-24-17-22(25-21)27-15-7-10-20(18-27)12-11-19-8-3-1-4-9-19/h1,3-4,8-9,16-17,20H,2,5-7,10-15,18H2/t20-/m1/s1. The van der Waals surface area contributed by atoms with E-state index >= 15 is 0 Å². The molecule has 148 valence electrons. The Balaban J connectivity index is 1.38. The number of benzene rings is 1. The molecule has 5 heteroatoms. The van der Waals surface area contributed by atoms with E-state index in [9.17, 15) is 4.79 Å². The average Bonchev–Trinajstić information content (AvgIpc) is 2.79. The summed E-state index contributed by atoms with van der Waals surface area (Å²) in [4.78, 5) is 26.0. The van der Waals surface area contributed by atoms with Crippen molar-refractivity contribution in [3.05, 3.63) is 54.0 Å². The fourth-order valence-corrected chi connectivity index (χ4v) is 4.39. The summed E-state index contributed by atoms with van der Waals surface area (Å²) in [6.45, 7) is 3.69. The molecule has 0 spiro atoms. The summed E-state index contributed by atoms with van der Waals surface area (Å²) >= 11 is 0. The van der Waals surface area contributed by atoms with Crippen LogP contribution in [-0.2, 0) is 6.42 Å². The van der Waals surface area contributed by atoms with E-state index in [1.54, 1.807) is 6.20 Å². The van der Waals surface area contributed by atoms with Crippen LogP contribution in [0.15, 0.2) is 42.7 Å². The Bertz CT molecular complexity index is 773. The van der Waals surface area contributed by atoms with Gasteiger partial charge in [-0.2, -0.15) is 0 Å². The highest BCUT2D eigenvalue weighted by atomic mass is 16.2. The second-order valence-electron chi connectivity index (χ2n) is 8.09. The number of hydrogen-bond donors (Lipinski definition) is 0. The third-order valence-corrected chi connectivity index (χ3v) is 6.01. The van der Waals surface area contributed by atoms with Gasteiger partial charge in [0.25, 0.3) is 5.91 Å². The summed E-state index contributed by atoms with van der Waals surface area (Å²) in [5.74, 6) is 1.55. The molecule has 2 fully saturated rings. The monoisotopic (exact) mass is 378 g/mol. The lowest BCUT2D eigenvalue weighted by molar-refractivity contribution is 0.0718. The largest absolute Gasteiger partial charge is 0.355 e. The SMILES string of the molecule is O=C(c1cncc(N2CCC[C@H](CCc3ccccc3)C2)n1)N1CCCCC1. The van der Waals surface area contributed by atoms with Gasteiger partial charge in [0.15, 0.2) is 0 Å². The molecule has 1 amide bonds. The van der Waals surface area contributed by atoms with Gasteiger partial charge in [0, 0.05) is 26.2 Å². The van der Waals surface area contributed by atoms with Gasteiger partial charge in [0.1, 0.15) is 11.5 Å². The lowest BCUT2D eigenvalue weighted by Gasteiger charge is -2.34. The molecule has 0 radical (unpaired) electrons. The highest BCUT2D eigenvalue weighted by molar-refractivity contribution is 5.92. The molecule has 28 heavy (non-hydrogen) atoms. The maximum atomic E-state index is 12.8. The van der Waals surface area contributed by atoms with Gasteiger partial charge >= 0.3 is 0 Å². The summed E-state index contributed by atoms with van der Waals surface area (Å²) in [6, 6.07) is 10.7. The number of aryl methyl sites for hydroxylation is 1. The lowest BCUT2D eigenvalue weighted by atomic mass is 9.91. The molecule has 0 bridgehead atoms. The first-order valence-corrected chi connectivity index (χ1v) is 10.7. The molecular formula is C23H30N4O. The van der Waals surface area contributed by atoms with Gasteiger partial charge in [0.2, 0.25) is 0 Å². The Hall–Kier alpha value is -2.43. The van der Waals surface area contributed by atoms with Gasteiger partial charge in [-0.25, -0.2) is 4.98 Å². The van der Waals surface area contributed by atoms with Gasteiger partial charge in [-0.05, 0) is 56.4 Å². The van der Waals surface area contributed by atoms with Crippen molar-refractivity contribution in [1.29, 1.82) is 0 Å². The molecule has 0 unspecified atom stereocenters. The van der Waals surface area contributed by atoms with E-state index in [0.717, 1.165) is 51.3 Å². The maximum absolute atomic E-state index is 12.8. The van der Waals surface area contributed by atoms with E-state index in [-0.39, 0.29) is 5.91 Å². The van der Waals surface area contributed by atoms with E-state index in [2.05, 4.69) is 40.2 Å². The normalized spacial score (nSPS) is 20.2. The molecule has 0 saturated carbocycles. The number of rotatable bonds is 5. The van der Waals surface area contributed by atoms with Crippen LogP contribution < -0.4 is 4.90 Å². The Morgan fingerprint density at radius 3 is 2.64 bits per heavy atom. The van der Waals surface area contributed by atoms with Crippen LogP contribution in [0.25, 0.3) is 0 Å². The minimum Gasteiger partial charge on any atom is -0.355 e. The maximum Gasteiger partial charge on any atom is 0.274 e. The van der Waals surface area contributed by atoms with E-state index in [1.807, 2.05) is 11.1 Å². The van der Waals surface area contributed by atoms with E-state index in [4.69, 9.17) is 4.98 Å². The van der Waals surface area contributed by atoms with Crippen molar-refractivity contribution in [2.75, 3.05) is 31.1 Å². The van der Waals surface area contributed by atoms with Crippen LogP contribution in [0, 0.1) is 5.92 Å². The number of nitrogens with zero attached hydrogens (tertiary/aromatic N) is 4. The number of likely N-dealkylation sites (tertiary alicyclic amines) is 1. The molecule has 2 aliphatic heterocycles. The Morgan fingerprint density at radius 2 is 1.82 bits per heavy atom. The first kappa shape index (κ1) is 18.9. The Labute approximate surface area is 167 Å². The zero-order valence-electron chi connectivity index (χ0n) is 16.6. The molecule has 0 aliphatic carbocycles. The van der Waals surface area contributed by atoms with Gasteiger partial charge in [-0.1, -0.05) is 30.3 Å². The van der Waals surface area contributed by atoms with Crippen molar-refractivity contribution in [3.8, 4) is 0 Å². The second-order valence-corrected chi connectivity index (χ2v) is 8.09. The van der Waals surface area contributed by atoms with Crippen LogP contribution in [-0.4, -0.2) is 47.0 Å². The number of carbonyl (C=O) groups excluding carboxylic acids is 1. The predicted molar refractivity (Wildman–Crippen MR) is 111 cm³/mol. The molecule has 1 atom stereocenters. The smallest absolute Gasteiger partial charge is 0.274 e. The second kappa shape index (κ2) is 9.18. The summed E-state index contributed by atoms with van der Waals surface area (Å²) in [7, 11) is 0. The topological polar surface area (TPSA) is 49.3 Å². The number of amides is 1. The van der Waals surface area contributed by atoms with Gasteiger partial charge in [0.05, 0.1) is 12.4 Å². The molecule has 0 N–H and O–H groups in total. The van der Waals surface area contributed by atoms with E-state index in [0.29, 0.717) is 11.6 Å². The van der Waals surface area contributed by atoms with Crippen molar-refractivity contribution in [1.82, 2.24) is 14.9 Å². The Morgan fingerprint density at radius 1 is 1.00 bits per heavy atom. The van der Waals surface area contributed by atoms with Crippen LogP contribution in [0.2, 0.25) is 0 Å². The summed E-state index contributed by atoms with van der Waals surface area (Å²) in [5, 5.41) is 0. The third-order valence-electron chi connectivity index (χ3n) is 6.01. The van der Waals surface area contributed by atoms with E-state index < -0.39 is 0 Å². The van der Waals surface area contributed by atoms with Crippen molar-refractivity contribution in [2.45, 2.75) is 44.9 Å². The first-order valence-electron chi connectivity index (χ1n) is 10.7. The molecule has 3 heterocycles. The summed E-state index contributed by atoms with van der Waals surface area (Å²) in [5.41, 5.74) is 1.90. The zero-order valence-corrected chi connectivity index (χ0v) is 16.6. The molecular weight excluding hydrogens is 348 g/mol. The Kier molecular flexibility index (Phi) is 6.20. The van der Waals surface area contributed by atoms with E-state index in [1.165, 1.54) is 31.2 Å². The van der Waals surface area contributed by atoms with Crippen LogP contribution in [0.3, 0.4) is 0 Å².